The topological polar surface area (TPSA) is 75.3 Å². The van der Waals surface area contributed by atoms with Crippen molar-refractivity contribution in [2.24, 2.45) is 0 Å². The summed E-state index contributed by atoms with van der Waals surface area (Å²) < 4.78 is 22.4. The standard InChI is InChI=1S/C13H15ClN2O3S/c1-9-2-3-10(14)6-12(9)16-13(17)7-15-11-4-5-20(18,19)8-11/h2-6,11,15H,7-8H2,1H3,(H,16,17). The van der Waals surface area contributed by atoms with Crippen molar-refractivity contribution in [2.75, 3.05) is 17.6 Å². The van der Waals surface area contributed by atoms with E-state index in [0.717, 1.165) is 5.56 Å². The van der Waals surface area contributed by atoms with Gasteiger partial charge < -0.3 is 10.6 Å². The van der Waals surface area contributed by atoms with E-state index in [1.54, 1.807) is 18.2 Å². The quantitative estimate of drug-likeness (QED) is 0.883. The monoisotopic (exact) mass is 314 g/mol. The van der Waals surface area contributed by atoms with Gasteiger partial charge in [-0.1, -0.05) is 23.7 Å². The first kappa shape index (κ1) is 15.0. The number of anilines is 1. The van der Waals surface area contributed by atoms with Crippen LogP contribution in [0.5, 0.6) is 0 Å². The normalized spacial score (nSPS) is 20.0. The Morgan fingerprint density at radius 2 is 2.20 bits per heavy atom. The molecule has 2 N–H and O–H groups in total. The molecule has 20 heavy (non-hydrogen) atoms. The van der Waals surface area contributed by atoms with Crippen LogP contribution in [0.4, 0.5) is 5.69 Å². The first-order valence-corrected chi connectivity index (χ1v) is 8.15. The van der Waals surface area contributed by atoms with Crippen LogP contribution in [-0.4, -0.2) is 32.7 Å². The number of halogens is 1. The van der Waals surface area contributed by atoms with Gasteiger partial charge in [0.05, 0.1) is 12.3 Å². The van der Waals surface area contributed by atoms with E-state index in [9.17, 15) is 13.2 Å². The van der Waals surface area contributed by atoms with Gasteiger partial charge in [0.15, 0.2) is 9.84 Å². The lowest BCUT2D eigenvalue weighted by Crippen LogP contribution is -2.36. The fourth-order valence-corrected chi connectivity index (χ4v) is 3.29. The fraction of sp³-hybridized carbons (Fsp3) is 0.308. The number of aryl methyl sites for hydroxylation is 1. The predicted octanol–water partition coefficient (Wildman–Crippen LogP) is 1.49. The molecule has 1 heterocycles. The van der Waals surface area contributed by atoms with Gasteiger partial charge in [-0.2, -0.15) is 0 Å². The van der Waals surface area contributed by atoms with Crippen LogP contribution in [0.2, 0.25) is 5.02 Å². The summed E-state index contributed by atoms with van der Waals surface area (Å²) in [6.45, 7) is 1.90. The zero-order valence-electron chi connectivity index (χ0n) is 10.9. The Labute approximate surface area is 122 Å². The molecule has 1 aromatic carbocycles. The van der Waals surface area contributed by atoms with Gasteiger partial charge in [-0.05, 0) is 24.6 Å². The van der Waals surface area contributed by atoms with Crippen LogP contribution in [0.3, 0.4) is 0 Å². The fourth-order valence-electron chi connectivity index (χ4n) is 1.85. The largest absolute Gasteiger partial charge is 0.325 e. The van der Waals surface area contributed by atoms with Gasteiger partial charge in [-0.25, -0.2) is 8.42 Å². The molecule has 1 amide bonds. The van der Waals surface area contributed by atoms with Crippen LogP contribution >= 0.6 is 11.6 Å². The highest BCUT2D eigenvalue weighted by molar-refractivity contribution is 7.94. The number of hydrogen-bond donors (Lipinski definition) is 2. The lowest BCUT2D eigenvalue weighted by Gasteiger charge is -2.11. The van der Waals surface area contributed by atoms with Gasteiger partial charge in [0, 0.05) is 22.2 Å². The van der Waals surface area contributed by atoms with Crippen LogP contribution < -0.4 is 10.6 Å². The minimum absolute atomic E-state index is 0.00350. The molecule has 0 fully saturated rings. The molecule has 1 aromatic rings. The molecule has 0 bridgehead atoms. The highest BCUT2D eigenvalue weighted by Gasteiger charge is 2.21. The molecule has 1 atom stereocenters. The van der Waals surface area contributed by atoms with E-state index in [-0.39, 0.29) is 24.2 Å². The molecule has 108 valence electrons. The molecule has 5 nitrogen and oxygen atoms in total. The Kier molecular flexibility index (Phi) is 4.47. The van der Waals surface area contributed by atoms with Gasteiger partial charge in [-0.3, -0.25) is 4.79 Å². The summed E-state index contributed by atoms with van der Waals surface area (Å²) in [7, 11) is -3.11. The molecule has 1 aliphatic rings. The highest BCUT2D eigenvalue weighted by atomic mass is 35.5. The maximum Gasteiger partial charge on any atom is 0.238 e. The molecular weight excluding hydrogens is 300 g/mol. The van der Waals surface area contributed by atoms with Crippen LogP contribution in [0.15, 0.2) is 29.7 Å². The molecule has 7 heteroatoms. The average molecular weight is 315 g/mol. The Balaban J connectivity index is 1.87. The number of rotatable bonds is 4. The third-order valence-electron chi connectivity index (χ3n) is 2.93. The molecule has 1 aliphatic heterocycles. The summed E-state index contributed by atoms with van der Waals surface area (Å²) in [4.78, 5) is 11.8. The van der Waals surface area contributed by atoms with Gasteiger partial charge >= 0.3 is 0 Å². The van der Waals surface area contributed by atoms with Gasteiger partial charge in [-0.15, -0.1) is 0 Å². The number of sulfone groups is 1. The number of amides is 1. The van der Waals surface area contributed by atoms with Crippen molar-refractivity contribution in [3.05, 3.63) is 40.3 Å². The Morgan fingerprint density at radius 3 is 2.85 bits per heavy atom. The van der Waals surface area contributed by atoms with Crippen LogP contribution in [0.25, 0.3) is 0 Å². The first-order valence-electron chi connectivity index (χ1n) is 6.06. The zero-order chi connectivity index (χ0) is 14.8. The maximum atomic E-state index is 11.8. The van der Waals surface area contributed by atoms with Crippen LogP contribution in [0, 0.1) is 6.92 Å². The van der Waals surface area contributed by atoms with Crippen molar-refractivity contribution in [3.63, 3.8) is 0 Å². The van der Waals surface area contributed by atoms with Crippen LogP contribution in [0.1, 0.15) is 5.56 Å². The molecule has 0 saturated carbocycles. The summed E-state index contributed by atoms with van der Waals surface area (Å²) in [5.74, 6) is -0.246. The molecule has 0 radical (unpaired) electrons. The molecule has 0 aromatic heterocycles. The number of carbonyl (C=O) groups excluding carboxylic acids is 1. The van der Waals surface area contributed by atoms with Gasteiger partial charge in [0.2, 0.25) is 5.91 Å². The second-order valence-electron chi connectivity index (χ2n) is 4.65. The van der Waals surface area contributed by atoms with Crippen molar-refractivity contribution in [2.45, 2.75) is 13.0 Å². The first-order chi connectivity index (χ1) is 9.35. The smallest absolute Gasteiger partial charge is 0.238 e. The van der Waals surface area contributed by atoms with E-state index in [0.29, 0.717) is 10.7 Å². The molecule has 2 rings (SSSR count). The Hall–Kier alpha value is -1.37. The highest BCUT2D eigenvalue weighted by Crippen LogP contribution is 2.19. The van der Waals surface area contributed by atoms with E-state index < -0.39 is 9.84 Å². The van der Waals surface area contributed by atoms with Gasteiger partial charge in [0.1, 0.15) is 0 Å². The minimum Gasteiger partial charge on any atom is -0.325 e. The van der Waals surface area contributed by atoms with Gasteiger partial charge in [0.25, 0.3) is 0 Å². The lowest BCUT2D eigenvalue weighted by atomic mass is 10.2. The number of nitrogens with one attached hydrogen (secondary N) is 2. The van der Waals surface area contributed by atoms with Crippen LogP contribution in [-0.2, 0) is 14.6 Å². The van der Waals surface area contributed by atoms with E-state index in [4.69, 9.17) is 11.6 Å². The van der Waals surface area contributed by atoms with E-state index in [2.05, 4.69) is 10.6 Å². The predicted molar refractivity (Wildman–Crippen MR) is 79.5 cm³/mol. The maximum absolute atomic E-state index is 11.8. The number of benzene rings is 1. The summed E-state index contributed by atoms with van der Waals surface area (Å²) in [6.07, 6.45) is 1.55. The molecule has 0 aliphatic carbocycles. The lowest BCUT2D eigenvalue weighted by molar-refractivity contribution is -0.115. The minimum atomic E-state index is -3.11. The SMILES string of the molecule is Cc1ccc(Cl)cc1NC(=O)CNC1C=CS(=O)(=O)C1. The average Bonchev–Trinajstić information content (AvgIpc) is 2.71. The van der Waals surface area contributed by atoms with E-state index >= 15 is 0 Å². The second-order valence-corrected chi connectivity index (χ2v) is 7.02. The number of hydrogen-bond acceptors (Lipinski definition) is 4. The zero-order valence-corrected chi connectivity index (χ0v) is 12.5. The third kappa shape index (κ3) is 4.06. The molecule has 0 saturated heterocycles. The van der Waals surface area contributed by atoms with Crippen molar-refractivity contribution >= 4 is 33.0 Å². The molecular formula is C13H15ClN2O3S. The Morgan fingerprint density at radius 1 is 1.45 bits per heavy atom. The molecule has 0 spiro atoms. The van der Waals surface area contributed by atoms with E-state index in [1.165, 1.54) is 5.41 Å². The molecule has 1 unspecified atom stereocenters. The summed E-state index contributed by atoms with van der Waals surface area (Å²) >= 11 is 5.87. The Bertz CT molecular complexity index is 656. The van der Waals surface area contributed by atoms with Crippen molar-refractivity contribution in [1.82, 2.24) is 5.32 Å². The van der Waals surface area contributed by atoms with Crippen molar-refractivity contribution in [1.29, 1.82) is 0 Å². The van der Waals surface area contributed by atoms with Crippen molar-refractivity contribution < 1.29 is 13.2 Å². The summed E-state index contributed by atoms with van der Waals surface area (Å²) in [5.41, 5.74) is 1.56. The van der Waals surface area contributed by atoms with E-state index in [1.807, 2.05) is 13.0 Å². The third-order valence-corrected chi connectivity index (χ3v) is 4.56. The number of carbonyl (C=O) groups is 1. The summed E-state index contributed by atoms with van der Waals surface area (Å²) in [5, 5.41) is 7.33. The van der Waals surface area contributed by atoms with Crippen molar-refractivity contribution in [3.8, 4) is 0 Å². The second kappa shape index (κ2) is 5.95. The summed E-state index contributed by atoms with van der Waals surface area (Å²) in [6, 6.07) is 4.93.